The molecule has 1 saturated carbocycles. The summed E-state index contributed by atoms with van der Waals surface area (Å²) in [6, 6.07) is 6.48. The van der Waals surface area contributed by atoms with E-state index >= 15 is 4.39 Å². The van der Waals surface area contributed by atoms with Crippen LogP contribution in [0.4, 0.5) is 21.5 Å². The van der Waals surface area contributed by atoms with Gasteiger partial charge in [-0.2, -0.15) is 0 Å². The van der Waals surface area contributed by atoms with Crippen molar-refractivity contribution >= 4 is 47.9 Å². The van der Waals surface area contributed by atoms with Crippen molar-refractivity contribution in [3.05, 3.63) is 59.0 Å². The standard InChI is InChI=1S/C23H26BClFN3O2/c1-5-29(13(2)3)20-11-17(23(30)28-31-12-15-6-7-15)22(21(26)14(20)4)27-19-9-8-16(24)10-18(19)25/h5,8-11,13,15,27H,1,6-7,12H2,2-4H3,(H,28,30). The number of carbonyl (C=O) groups excluding carboxylic acids is 1. The number of rotatable bonds is 9. The van der Waals surface area contributed by atoms with Gasteiger partial charge in [-0.05, 0) is 63.9 Å². The quantitative estimate of drug-likeness (QED) is 0.435. The van der Waals surface area contributed by atoms with E-state index in [0.29, 0.717) is 39.9 Å². The molecule has 0 aliphatic heterocycles. The number of hydroxylamine groups is 1. The highest BCUT2D eigenvalue weighted by Gasteiger charge is 2.25. The number of benzene rings is 2. The van der Waals surface area contributed by atoms with Crippen molar-refractivity contribution in [3.63, 3.8) is 0 Å². The first-order chi connectivity index (χ1) is 14.7. The molecule has 162 valence electrons. The lowest BCUT2D eigenvalue weighted by molar-refractivity contribution is 0.0271. The minimum atomic E-state index is -0.565. The maximum Gasteiger partial charge on any atom is 0.277 e. The van der Waals surface area contributed by atoms with Crippen molar-refractivity contribution in [2.24, 2.45) is 5.92 Å². The van der Waals surface area contributed by atoms with Crippen LogP contribution < -0.4 is 21.2 Å². The third kappa shape index (κ3) is 5.41. The van der Waals surface area contributed by atoms with Gasteiger partial charge in [-0.1, -0.05) is 29.7 Å². The fourth-order valence-electron chi connectivity index (χ4n) is 3.22. The van der Waals surface area contributed by atoms with Crippen LogP contribution in [-0.2, 0) is 4.84 Å². The summed E-state index contributed by atoms with van der Waals surface area (Å²) >= 11 is 6.26. The van der Waals surface area contributed by atoms with Gasteiger partial charge in [0.15, 0.2) is 5.82 Å². The average Bonchev–Trinajstić information content (AvgIpc) is 3.53. The predicted octanol–water partition coefficient (Wildman–Crippen LogP) is 4.75. The van der Waals surface area contributed by atoms with Gasteiger partial charge in [-0.3, -0.25) is 9.63 Å². The Bertz CT molecular complexity index is 995. The lowest BCUT2D eigenvalue weighted by Gasteiger charge is -2.28. The molecule has 8 heteroatoms. The summed E-state index contributed by atoms with van der Waals surface area (Å²) in [5.41, 5.74) is 4.36. The summed E-state index contributed by atoms with van der Waals surface area (Å²) in [5, 5.41) is 3.27. The second kappa shape index (κ2) is 9.75. The van der Waals surface area contributed by atoms with Crippen LogP contribution in [-0.4, -0.2) is 26.4 Å². The van der Waals surface area contributed by atoms with E-state index in [9.17, 15) is 4.79 Å². The largest absolute Gasteiger partial charge is 0.351 e. The van der Waals surface area contributed by atoms with Gasteiger partial charge in [0.1, 0.15) is 7.85 Å². The molecular weight excluding hydrogens is 416 g/mol. The minimum Gasteiger partial charge on any atom is -0.351 e. The average molecular weight is 442 g/mol. The zero-order valence-corrected chi connectivity index (χ0v) is 18.7. The van der Waals surface area contributed by atoms with Crippen molar-refractivity contribution in [3.8, 4) is 0 Å². The van der Waals surface area contributed by atoms with Crippen molar-refractivity contribution in [1.82, 2.24) is 5.48 Å². The van der Waals surface area contributed by atoms with Crippen LogP contribution in [0.25, 0.3) is 0 Å². The Labute approximate surface area is 189 Å². The SMILES string of the molecule is [B]c1ccc(Nc2c(C(=O)NOCC3CC3)cc(N(C=C)C(C)C)c(C)c2F)c(Cl)c1. The fourth-order valence-corrected chi connectivity index (χ4v) is 3.46. The van der Waals surface area contributed by atoms with Gasteiger partial charge >= 0.3 is 0 Å². The van der Waals surface area contributed by atoms with Crippen LogP contribution in [0.15, 0.2) is 37.0 Å². The second-order valence-electron chi connectivity index (χ2n) is 7.99. The number of carbonyl (C=O) groups is 1. The third-order valence-corrected chi connectivity index (χ3v) is 5.51. The molecule has 0 saturated heterocycles. The molecule has 1 aliphatic rings. The number of nitrogens with zero attached hydrogens (tertiary/aromatic N) is 1. The van der Waals surface area contributed by atoms with Crippen molar-refractivity contribution in [2.45, 2.75) is 39.7 Å². The molecule has 3 rings (SSSR count). The normalized spacial score (nSPS) is 13.2. The second-order valence-corrected chi connectivity index (χ2v) is 8.40. The van der Waals surface area contributed by atoms with Crippen LogP contribution in [0.2, 0.25) is 5.02 Å². The van der Waals surface area contributed by atoms with E-state index in [2.05, 4.69) is 17.4 Å². The third-order valence-electron chi connectivity index (χ3n) is 5.19. The van der Waals surface area contributed by atoms with E-state index in [1.807, 2.05) is 13.8 Å². The molecule has 2 radical (unpaired) electrons. The molecule has 1 aliphatic carbocycles. The van der Waals surface area contributed by atoms with Crippen LogP contribution >= 0.6 is 11.6 Å². The van der Waals surface area contributed by atoms with Crippen LogP contribution in [0, 0.1) is 18.7 Å². The zero-order chi connectivity index (χ0) is 22.7. The van der Waals surface area contributed by atoms with Crippen LogP contribution in [0.3, 0.4) is 0 Å². The highest BCUT2D eigenvalue weighted by molar-refractivity contribution is 6.37. The Morgan fingerprint density at radius 3 is 2.71 bits per heavy atom. The lowest BCUT2D eigenvalue weighted by Crippen LogP contribution is -2.29. The summed E-state index contributed by atoms with van der Waals surface area (Å²) in [6.07, 6.45) is 3.79. The number of anilines is 3. The lowest BCUT2D eigenvalue weighted by atomic mass is 9.96. The fraction of sp³-hybridized carbons (Fsp3) is 0.348. The first-order valence-electron chi connectivity index (χ1n) is 10.2. The number of amides is 1. The van der Waals surface area contributed by atoms with Crippen LogP contribution in [0.5, 0.6) is 0 Å². The molecule has 5 nitrogen and oxygen atoms in total. The molecule has 0 atom stereocenters. The smallest absolute Gasteiger partial charge is 0.277 e. The minimum absolute atomic E-state index is 0.00760. The van der Waals surface area contributed by atoms with Gasteiger partial charge in [0, 0.05) is 17.3 Å². The number of nitrogens with one attached hydrogen (secondary N) is 2. The molecule has 0 unspecified atom stereocenters. The maximum absolute atomic E-state index is 15.6. The van der Waals surface area contributed by atoms with E-state index in [1.165, 1.54) is 0 Å². The molecule has 0 bridgehead atoms. The molecule has 0 aromatic heterocycles. The number of hydrogen-bond acceptors (Lipinski definition) is 4. The van der Waals surface area contributed by atoms with Crippen LogP contribution in [0.1, 0.15) is 42.6 Å². The zero-order valence-electron chi connectivity index (χ0n) is 18.0. The van der Waals surface area contributed by atoms with Crippen molar-refractivity contribution < 1.29 is 14.0 Å². The number of halogens is 2. The molecule has 0 heterocycles. The van der Waals surface area contributed by atoms with Crippen molar-refractivity contribution in [1.29, 1.82) is 0 Å². The summed E-state index contributed by atoms with van der Waals surface area (Å²) in [5.74, 6) is -0.651. The molecule has 2 aromatic rings. The highest BCUT2D eigenvalue weighted by atomic mass is 35.5. The van der Waals surface area contributed by atoms with Gasteiger partial charge in [-0.25, -0.2) is 9.87 Å². The molecule has 2 N–H and O–H groups in total. The van der Waals surface area contributed by atoms with E-state index in [0.717, 1.165) is 12.8 Å². The van der Waals surface area contributed by atoms with E-state index in [1.54, 1.807) is 42.3 Å². The molecule has 2 aromatic carbocycles. The van der Waals surface area contributed by atoms with Gasteiger partial charge in [0.25, 0.3) is 5.91 Å². The maximum atomic E-state index is 15.6. The summed E-state index contributed by atoms with van der Waals surface area (Å²) in [7, 11) is 5.75. The van der Waals surface area contributed by atoms with Gasteiger partial charge in [0.05, 0.1) is 28.6 Å². The van der Waals surface area contributed by atoms with Gasteiger partial charge < -0.3 is 10.2 Å². The topological polar surface area (TPSA) is 53.6 Å². The van der Waals surface area contributed by atoms with Gasteiger partial charge in [0.2, 0.25) is 0 Å². The Hall–Kier alpha value is -2.51. The Balaban J connectivity index is 2.04. The summed E-state index contributed by atoms with van der Waals surface area (Å²) < 4.78 is 15.6. The molecule has 31 heavy (non-hydrogen) atoms. The van der Waals surface area contributed by atoms with E-state index < -0.39 is 11.7 Å². The van der Waals surface area contributed by atoms with E-state index in [-0.39, 0.29) is 17.3 Å². The van der Waals surface area contributed by atoms with Crippen molar-refractivity contribution in [2.75, 3.05) is 16.8 Å². The predicted molar refractivity (Wildman–Crippen MR) is 125 cm³/mol. The number of hydrogen-bond donors (Lipinski definition) is 2. The first kappa shape index (κ1) is 23.2. The molecule has 0 spiro atoms. The summed E-state index contributed by atoms with van der Waals surface area (Å²) in [6.45, 7) is 9.83. The Morgan fingerprint density at radius 2 is 2.13 bits per heavy atom. The molecular formula is C23H26BClFN3O2. The highest BCUT2D eigenvalue weighted by Crippen LogP contribution is 2.36. The Kier molecular flexibility index (Phi) is 7.28. The molecule has 1 fully saturated rings. The first-order valence-corrected chi connectivity index (χ1v) is 10.6. The summed E-state index contributed by atoms with van der Waals surface area (Å²) in [4.78, 5) is 20.1. The molecule has 1 amide bonds. The monoisotopic (exact) mass is 441 g/mol. The van der Waals surface area contributed by atoms with E-state index in [4.69, 9.17) is 24.3 Å². The Morgan fingerprint density at radius 1 is 1.42 bits per heavy atom. The van der Waals surface area contributed by atoms with Gasteiger partial charge in [-0.15, -0.1) is 0 Å².